The van der Waals surface area contributed by atoms with Crippen LogP contribution < -0.4 is 16.2 Å². The van der Waals surface area contributed by atoms with Crippen LogP contribution in [0.1, 0.15) is 46.7 Å². The Balaban J connectivity index is 2.03. The molecule has 1 unspecified atom stereocenters. The molecule has 3 N–H and O–H groups in total. The van der Waals surface area contributed by atoms with Crippen molar-refractivity contribution in [3.05, 3.63) is 45.1 Å². The number of hydrogen-bond acceptors (Lipinski definition) is 4. The highest BCUT2D eigenvalue weighted by Gasteiger charge is 2.31. The van der Waals surface area contributed by atoms with Crippen molar-refractivity contribution in [3.8, 4) is 0 Å². The molecule has 132 valence electrons. The number of pyridine rings is 2. The van der Waals surface area contributed by atoms with Crippen LogP contribution in [-0.4, -0.2) is 34.6 Å². The molecule has 1 saturated carbocycles. The molecule has 0 aromatic carbocycles. The molecule has 3 heterocycles. The van der Waals surface area contributed by atoms with Gasteiger partial charge in [-0.25, -0.2) is 9.18 Å². The summed E-state index contributed by atoms with van der Waals surface area (Å²) in [5, 5.41) is 9.32. The standard InChI is InChI=1S/C18H20FN3O3/c1-9-15-12(10-2-3-10)6-13(18(24)25)17(23)22(15)8-14(19)16(9)21-5-4-11(20)7-21/h6,8,10-11H,2-5,7,20H2,1H3,(H,24,25). The number of aryl methyl sites for hydroxylation is 1. The van der Waals surface area contributed by atoms with Gasteiger partial charge in [-0.15, -0.1) is 0 Å². The molecule has 0 radical (unpaired) electrons. The molecule has 2 fully saturated rings. The van der Waals surface area contributed by atoms with Gasteiger partial charge in [0.15, 0.2) is 5.82 Å². The number of fused-ring (bicyclic) bond motifs is 1. The third-order valence-corrected chi connectivity index (χ3v) is 5.23. The topological polar surface area (TPSA) is 88.0 Å². The van der Waals surface area contributed by atoms with Crippen molar-refractivity contribution in [1.29, 1.82) is 0 Å². The minimum atomic E-state index is -1.28. The molecule has 2 aromatic heterocycles. The van der Waals surface area contributed by atoms with E-state index in [2.05, 4.69) is 0 Å². The van der Waals surface area contributed by atoms with Crippen LogP contribution in [0.4, 0.5) is 10.1 Å². The van der Waals surface area contributed by atoms with E-state index in [1.54, 1.807) is 6.92 Å². The lowest BCUT2D eigenvalue weighted by atomic mass is 10.0. The molecule has 7 heteroatoms. The maximum absolute atomic E-state index is 14.8. The predicted octanol–water partition coefficient (Wildman–Crippen LogP) is 1.86. The van der Waals surface area contributed by atoms with Crippen molar-refractivity contribution in [2.75, 3.05) is 18.0 Å². The minimum Gasteiger partial charge on any atom is -0.477 e. The summed E-state index contributed by atoms with van der Waals surface area (Å²) in [6.45, 7) is 3.04. The van der Waals surface area contributed by atoms with Crippen LogP contribution >= 0.6 is 0 Å². The van der Waals surface area contributed by atoms with Gasteiger partial charge in [0.05, 0.1) is 17.4 Å². The quantitative estimate of drug-likeness (QED) is 0.886. The zero-order valence-corrected chi connectivity index (χ0v) is 14.0. The number of nitrogens with zero attached hydrogens (tertiary/aromatic N) is 2. The Morgan fingerprint density at radius 3 is 2.64 bits per heavy atom. The van der Waals surface area contributed by atoms with Crippen LogP contribution in [0.3, 0.4) is 0 Å². The van der Waals surface area contributed by atoms with Crippen LogP contribution in [0.5, 0.6) is 0 Å². The first-order valence-electron chi connectivity index (χ1n) is 8.50. The second-order valence-corrected chi connectivity index (χ2v) is 7.06. The van der Waals surface area contributed by atoms with Crippen LogP contribution in [0, 0.1) is 12.7 Å². The predicted molar refractivity (Wildman–Crippen MR) is 92.1 cm³/mol. The normalized spacial score (nSPS) is 20.4. The smallest absolute Gasteiger partial charge is 0.341 e. The van der Waals surface area contributed by atoms with Crippen molar-refractivity contribution in [1.82, 2.24) is 4.40 Å². The SMILES string of the molecule is Cc1c(N2CCC(N)C2)c(F)cn2c(=O)c(C(=O)O)cc(C3CC3)c12. The summed E-state index contributed by atoms with van der Waals surface area (Å²) in [7, 11) is 0. The fraction of sp³-hybridized carbons (Fsp3) is 0.444. The Kier molecular flexibility index (Phi) is 3.57. The zero-order chi connectivity index (χ0) is 17.9. The first-order chi connectivity index (χ1) is 11.9. The highest BCUT2D eigenvalue weighted by atomic mass is 19.1. The van der Waals surface area contributed by atoms with Gasteiger partial charge in [0, 0.05) is 19.1 Å². The van der Waals surface area contributed by atoms with Gasteiger partial charge in [-0.05, 0) is 49.3 Å². The Morgan fingerprint density at radius 2 is 2.08 bits per heavy atom. The van der Waals surface area contributed by atoms with Gasteiger partial charge < -0.3 is 15.7 Å². The van der Waals surface area contributed by atoms with E-state index < -0.39 is 17.3 Å². The number of hydrogen-bond donors (Lipinski definition) is 2. The van der Waals surface area contributed by atoms with Gasteiger partial charge in [0.1, 0.15) is 5.56 Å². The van der Waals surface area contributed by atoms with Crippen molar-refractivity contribution in [2.24, 2.45) is 5.73 Å². The molecule has 6 nitrogen and oxygen atoms in total. The second-order valence-electron chi connectivity index (χ2n) is 7.06. The molecule has 1 saturated heterocycles. The number of rotatable bonds is 3. The van der Waals surface area contributed by atoms with Crippen LogP contribution in [0.15, 0.2) is 17.1 Å². The lowest BCUT2D eigenvalue weighted by Crippen LogP contribution is -2.29. The van der Waals surface area contributed by atoms with E-state index >= 15 is 0 Å². The molecule has 2 aromatic rings. The van der Waals surface area contributed by atoms with E-state index in [1.165, 1.54) is 10.5 Å². The fourth-order valence-electron chi connectivity index (χ4n) is 3.88. The largest absolute Gasteiger partial charge is 0.477 e. The Labute approximate surface area is 143 Å². The molecule has 1 aliphatic carbocycles. The van der Waals surface area contributed by atoms with Crippen molar-refractivity contribution in [2.45, 2.75) is 38.1 Å². The molecular formula is C18H20FN3O3. The molecule has 1 aliphatic heterocycles. The number of carboxylic acids is 1. The number of carbonyl (C=O) groups is 1. The number of aromatic nitrogens is 1. The summed E-state index contributed by atoms with van der Waals surface area (Å²) in [6, 6.07) is 1.48. The van der Waals surface area contributed by atoms with Crippen molar-refractivity contribution < 1.29 is 14.3 Å². The molecule has 2 aliphatic rings. The van der Waals surface area contributed by atoms with Gasteiger partial charge in [0.2, 0.25) is 0 Å². The maximum atomic E-state index is 14.8. The van der Waals surface area contributed by atoms with E-state index in [0.717, 1.165) is 31.0 Å². The monoisotopic (exact) mass is 345 g/mol. The summed E-state index contributed by atoms with van der Waals surface area (Å²) in [5.74, 6) is -1.58. The summed E-state index contributed by atoms with van der Waals surface area (Å²) < 4.78 is 16.0. The highest BCUT2D eigenvalue weighted by molar-refractivity contribution is 5.89. The number of nitrogens with two attached hydrogens (primary N) is 1. The van der Waals surface area contributed by atoms with Gasteiger partial charge >= 0.3 is 5.97 Å². The highest BCUT2D eigenvalue weighted by Crippen LogP contribution is 2.44. The first-order valence-corrected chi connectivity index (χ1v) is 8.50. The fourth-order valence-corrected chi connectivity index (χ4v) is 3.88. The van der Waals surface area contributed by atoms with E-state index in [-0.39, 0.29) is 17.5 Å². The molecule has 4 rings (SSSR count). The van der Waals surface area contributed by atoms with E-state index in [9.17, 15) is 19.1 Å². The number of carboxylic acid groups (broad SMARTS) is 1. The Bertz CT molecular complexity index is 949. The third-order valence-electron chi connectivity index (χ3n) is 5.23. The van der Waals surface area contributed by atoms with Gasteiger partial charge in [-0.2, -0.15) is 0 Å². The van der Waals surface area contributed by atoms with Gasteiger partial charge in [-0.3, -0.25) is 9.20 Å². The number of aromatic carboxylic acids is 1. The van der Waals surface area contributed by atoms with Crippen molar-refractivity contribution in [3.63, 3.8) is 0 Å². The summed E-state index contributed by atoms with van der Waals surface area (Å²) in [4.78, 5) is 25.9. The maximum Gasteiger partial charge on any atom is 0.341 e. The van der Waals surface area contributed by atoms with Crippen LogP contribution in [-0.2, 0) is 0 Å². The average molecular weight is 345 g/mol. The first kappa shape index (κ1) is 16.1. The second kappa shape index (κ2) is 5.56. The summed E-state index contributed by atoms with van der Waals surface area (Å²) in [6.07, 6.45) is 3.83. The van der Waals surface area contributed by atoms with E-state index in [4.69, 9.17) is 5.73 Å². The van der Waals surface area contributed by atoms with Gasteiger partial charge in [-0.1, -0.05) is 0 Å². The Hall–Kier alpha value is -2.41. The summed E-state index contributed by atoms with van der Waals surface area (Å²) in [5.41, 5.74) is 7.54. The van der Waals surface area contributed by atoms with Gasteiger partial charge in [0.25, 0.3) is 5.56 Å². The molecule has 25 heavy (non-hydrogen) atoms. The van der Waals surface area contributed by atoms with Crippen LogP contribution in [0.25, 0.3) is 5.52 Å². The number of halogens is 1. The molecule has 0 amide bonds. The lowest BCUT2D eigenvalue weighted by molar-refractivity contribution is 0.0694. The summed E-state index contributed by atoms with van der Waals surface area (Å²) >= 11 is 0. The minimum absolute atomic E-state index is 0.00880. The molecule has 0 spiro atoms. The van der Waals surface area contributed by atoms with E-state index in [1.807, 2.05) is 4.90 Å². The lowest BCUT2D eigenvalue weighted by Gasteiger charge is -2.23. The Morgan fingerprint density at radius 1 is 1.36 bits per heavy atom. The number of anilines is 1. The average Bonchev–Trinajstić information content (AvgIpc) is 3.30. The van der Waals surface area contributed by atoms with Crippen LogP contribution in [0.2, 0.25) is 0 Å². The molecule has 0 bridgehead atoms. The zero-order valence-electron chi connectivity index (χ0n) is 14.0. The molecular weight excluding hydrogens is 325 g/mol. The van der Waals surface area contributed by atoms with E-state index in [0.29, 0.717) is 29.9 Å². The molecule has 1 atom stereocenters. The van der Waals surface area contributed by atoms with Crippen molar-refractivity contribution >= 4 is 17.2 Å². The third kappa shape index (κ3) is 2.50.